The number of anilines is 1. The molecule has 0 fully saturated rings. The number of rotatable bonds is 5. The Morgan fingerprint density at radius 1 is 1.00 bits per heavy atom. The Morgan fingerprint density at radius 3 is 2.29 bits per heavy atom. The number of benzene rings is 3. The molecule has 0 spiro atoms. The van der Waals surface area contributed by atoms with Crippen molar-refractivity contribution in [3.63, 3.8) is 0 Å². The highest BCUT2D eigenvalue weighted by atomic mass is 32.2. The maximum atomic E-state index is 12.8. The molecule has 1 unspecified atom stereocenters. The molecule has 0 amide bonds. The van der Waals surface area contributed by atoms with E-state index < -0.39 is 32.4 Å². The van der Waals surface area contributed by atoms with Gasteiger partial charge >= 0.3 is 11.5 Å². The topological polar surface area (TPSA) is 66.9 Å². The van der Waals surface area contributed by atoms with Crippen LogP contribution in [0.2, 0.25) is 0 Å². The number of sulfone groups is 1. The summed E-state index contributed by atoms with van der Waals surface area (Å²) in [5.74, 6) is -0.798. The van der Waals surface area contributed by atoms with Gasteiger partial charge in [0.2, 0.25) is 6.23 Å². The quantitative estimate of drug-likeness (QED) is 0.454. The van der Waals surface area contributed by atoms with Gasteiger partial charge in [0.25, 0.3) is 9.84 Å². The number of nitrogens with zero attached hydrogens (tertiary/aromatic N) is 2. The van der Waals surface area contributed by atoms with E-state index in [1.807, 2.05) is 66.3 Å². The second-order valence-corrected chi connectivity index (χ2v) is 9.58. The van der Waals surface area contributed by atoms with Crippen molar-refractivity contribution < 1.29 is 31.1 Å². The van der Waals surface area contributed by atoms with Gasteiger partial charge in [-0.2, -0.15) is 13.2 Å². The maximum absolute atomic E-state index is 12.8. The molecular formula is C24H21F3N2O4S. The summed E-state index contributed by atoms with van der Waals surface area (Å²) in [4.78, 5) is 11.9. The van der Waals surface area contributed by atoms with Gasteiger partial charge in [-0.05, 0) is 55.6 Å². The number of carbonyl (C=O) groups is 1. The van der Waals surface area contributed by atoms with Gasteiger partial charge in [-0.25, -0.2) is 18.2 Å². The van der Waals surface area contributed by atoms with Crippen molar-refractivity contribution in [3.05, 3.63) is 84.1 Å². The highest BCUT2D eigenvalue weighted by Gasteiger charge is 2.46. The van der Waals surface area contributed by atoms with E-state index in [0.29, 0.717) is 6.54 Å². The number of esters is 1. The Bertz CT molecular complexity index is 1360. The summed E-state index contributed by atoms with van der Waals surface area (Å²) < 4.78 is 67.2. The van der Waals surface area contributed by atoms with Crippen molar-refractivity contribution in [2.75, 3.05) is 11.6 Å². The first-order valence-corrected chi connectivity index (χ1v) is 11.9. The van der Waals surface area contributed by atoms with Crippen molar-refractivity contribution in [2.24, 2.45) is 0 Å². The molecule has 0 radical (unpaired) electrons. The summed E-state index contributed by atoms with van der Waals surface area (Å²) in [6.07, 6.45) is 0.961. The molecule has 6 nitrogen and oxygen atoms in total. The van der Waals surface area contributed by atoms with Gasteiger partial charge < -0.3 is 4.74 Å². The molecule has 0 bridgehead atoms. The third kappa shape index (κ3) is 4.09. The van der Waals surface area contributed by atoms with E-state index >= 15 is 0 Å². The van der Waals surface area contributed by atoms with Crippen LogP contribution in [-0.4, -0.2) is 37.7 Å². The Morgan fingerprint density at radius 2 is 1.65 bits per heavy atom. The largest absolute Gasteiger partial charge is 0.501 e. The third-order valence-electron chi connectivity index (χ3n) is 5.54. The SMILES string of the molecule is CCN1C(C)=CC(OC(=O)c2ccc(S(=O)(=O)C(F)(F)F)cc2)N1c1cccc2ccccc12. The number of allylic oxidation sites excluding steroid dienone is 1. The van der Waals surface area contributed by atoms with Crippen molar-refractivity contribution in [2.45, 2.75) is 30.5 Å². The van der Waals surface area contributed by atoms with Crippen LogP contribution in [0.4, 0.5) is 18.9 Å². The minimum absolute atomic E-state index is 0.0694. The minimum atomic E-state index is -5.50. The van der Waals surface area contributed by atoms with Crippen LogP contribution in [0, 0.1) is 0 Å². The van der Waals surface area contributed by atoms with E-state index in [1.54, 1.807) is 6.08 Å². The van der Waals surface area contributed by atoms with Gasteiger partial charge in [0.05, 0.1) is 16.1 Å². The van der Waals surface area contributed by atoms with Gasteiger partial charge in [0, 0.05) is 17.6 Å². The van der Waals surface area contributed by atoms with Crippen LogP contribution in [0.25, 0.3) is 10.8 Å². The zero-order valence-electron chi connectivity index (χ0n) is 18.3. The second-order valence-electron chi connectivity index (χ2n) is 7.64. The monoisotopic (exact) mass is 490 g/mol. The van der Waals surface area contributed by atoms with E-state index in [4.69, 9.17) is 4.74 Å². The number of alkyl halides is 3. The molecule has 0 saturated heterocycles. The van der Waals surface area contributed by atoms with E-state index in [2.05, 4.69) is 0 Å². The maximum Gasteiger partial charge on any atom is 0.501 e. The van der Waals surface area contributed by atoms with E-state index in [-0.39, 0.29) is 5.56 Å². The van der Waals surface area contributed by atoms with Crippen LogP contribution in [-0.2, 0) is 14.6 Å². The molecule has 0 saturated carbocycles. The number of hydrogen-bond donors (Lipinski definition) is 0. The zero-order valence-corrected chi connectivity index (χ0v) is 19.1. The Kier molecular flexibility index (Phi) is 6.03. The summed E-state index contributed by atoms with van der Waals surface area (Å²) in [6, 6.07) is 17.1. The predicted octanol–water partition coefficient (Wildman–Crippen LogP) is 5.28. The average molecular weight is 491 g/mol. The van der Waals surface area contributed by atoms with E-state index in [9.17, 15) is 26.4 Å². The van der Waals surface area contributed by atoms with Crippen molar-refractivity contribution in [1.29, 1.82) is 0 Å². The lowest BCUT2D eigenvalue weighted by atomic mass is 10.1. The smallest absolute Gasteiger partial charge is 0.432 e. The molecule has 3 aromatic rings. The van der Waals surface area contributed by atoms with Gasteiger partial charge in [-0.1, -0.05) is 36.4 Å². The molecule has 0 aliphatic carbocycles. The zero-order chi connectivity index (χ0) is 24.7. The molecule has 178 valence electrons. The van der Waals surface area contributed by atoms with Crippen LogP contribution < -0.4 is 5.01 Å². The first kappa shape index (κ1) is 23.6. The highest BCUT2D eigenvalue weighted by molar-refractivity contribution is 7.92. The summed E-state index contributed by atoms with van der Waals surface area (Å²) >= 11 is 0. The first-order chi connectivity index (χ1) is 16.0. The van der Waals surface area contributed by atoms with Crippen LogP contribution in [0.3, 0.4) is 0 Å². The Balaban J connectivity index is 1.64. The summed E-state index contributed by atoms with van der Waals surface area (Å²) in [6.45, 7) is 4.44. The fraction of sp³-hybridized carbons (Fsp3) is 0.208. The number of fused-ring (bicyclic) bond motifs is 1. The fourth-order valence-electron chi connectivity index (χ4n) is 3.91. The number of halogens is 3. The van der Waals surface area contributed by atoms with Gasteiger partial charge in [-0.15, -0.1) is 0 Å². The lowest BCUT2D eigenvalue weighted by Crippen LogP contribution is -2.44. The van der Waals surface area contributed by atoms with Gasteiger partial charge in [0.1, 0.15) is 0 Å². The third-order valence-corrected chi connectivity index (χ3v) is 7.04. The molecule has 1 atom stereocenters. The molecule has 1 aliphatic rings. The molecule has 1 aliphatic heterocycles. The van der Waals surface area contributed by atoms with E-state index in [0.717, 1.165) is 46.4 Å². The molecule has 0 N–H and O–H groups in total. The molecule has 4 rings (SSSR count). The molecule has 3 aromatic carbocycles. The number of hydrogen-bond acceptors (Lipinski definition) is 6. The summed E-state index contributed by atoms with van der Waals surface area (Å²) in [7, 11) is -5.50. The summed E-state index contributed by atoms with van der Waals surface area (Å²) in [5, 5.41) is 5.76. The molecule has 34 heavy (non-hydrogen) atoms. The molecule has 1 heterocycles. The average Bonchev–Trinajstić information content (AvgIpc) is 3.12. The normalized spacial score (nSPS) is 16.6. The first-order valence-electron chi connectivity index (χ1n) is 10.4. The van der Waals surface area contributed by atoms with Crippen molar-refractivity contribution in [3.8, 4) is 0 Å². The number of ether oxygens (including phenoxy) is 1. The fourth-order valence-corrected chi connectivity index (χ4v) is 4.67. The van der Waals surface area contributed by atoms with Crippen LogP contribution in [0.5, 0.6) is 0 Å². The summed E-state index contributed by atoms with van der Waals surface area (Å²) in [5.41, 5.74) is -3.82. The standard InChI is InChI=1S/C24H21F3N2O4S/c1-3-28-16(2)15-22(29(28)21-10-6-8-17-7-4-5-9-20(17)21)33-23(30)18-11-13-19(14-12-18)34(31,32)24(25,26)27/h4-15,22H,3H2,1-2H3. The lowest BCUT2D eigenvalue weighted by molar-refractivity contribution is -0.0436. The molecule has 10 heteroatoms. The molecule has 0 aromatic heterocycles. The van der Waals surface area contributed by atoms with Crippen molar-refractivity contribution in [1.82, 2.24) is 5.01 Å². The van der Waals surface area contributed by atoms with Crippen LogP contribution in [0.15, 0.2) is 83.4 Å². The van der Waals surface area contributed by atoms with E-state index in [1.165, 1.54) is 0 Å². The highest BCUT2D eigenvalue weighted by Crippen LogP contribution is 2.35. The minimum Gasteiger partial charge on any atom is -0.432 e. The Hall–Kier alpha value is -3.53. The lowest BCUT2D eigenvalue weighted by Gasteiger charge is -2.36. The second kappa shape index (κ2) is 8.68. The van der Waals surface area contributed by atoms with Gasteiger partial charge in [0.15, 0.2) is 0 Å². The van der Waals surface area contributed by atoms with Crippen LogP contribution >= 0.6 is 0 Å². The molecular weight excluding hydrogens is 469 g/mol. The van der Waals surface area contributed by atoms with Gasteiger partial charge in [-0.3, -0.25) is 5.01 Å². The van der Waals surface area contributed by atoms with Crippen molar-refractivity contribution >= 4 is 32.3 Å². The van der Waals surface area contributed by atoms with Crippen LogP contribution in [0.1, 0.15) is 24.2 Å². The Labute approximate surface area is 194 Å². The predicted molar refractivity (Wildman–Crippen MR) is 121 cm³/mol. The number of hydrazine groups is 1. The number of carbonyl (C=O) groups excluding carboxylic acids is 1.